The molecule has 4 heteroatoms. The summed E-state index contributed by atoms with van der Waals surface area (Å²) in [6, 6.07) is 0.649. The molecule has 1 aromatic rings. The quantitative estimate of drug-likeness (QED) is 0.878. The molecule has 1 N–H and O–H groups in total. The fourth-order valence-corrected chi connectivity index (χ4v) is 2.96. The van der Waals surface area contributed by atoms with Crippen LogP contribution < -0.4 is 5.32 Å². The van der Waals surface area contributed by atoms with Crippen LogP contribution in [0, 0.1) is 6.92 Å². The van der Waals surface area contributed by atoms with E-state index in [2.05, 4.69) is 17.2 Å². The third kappa shape index (κ3) is 3.27. The molecule has 2 rings (SSSR count). The first-order valence-electron chi connectivity index (χ1n) is 5.95. The zero-order valence-electron chi connectivity index (χ0n) is 10.0. The summed E-state index contributed by atoms with van der Waals surface area (Å²) in [6.07, 6.45) is 7.26. The molecule has 90 valence electrons. The Morgan fingerprint density at radius 3 is 2.75 bits per heavy atom. The van der Waals surface area contributed by atoms with E-state index < -0.39 is 0 Å². The predicted octanol–water partition coefficient (Wildman–Crippen LogP) is 2.50. The third-order valence-electron chi connectivity index (χ3n) is 3.22. The van der Waals surface area contributed by atoms with Crippen LogP contribution in [0.2, 0.25) is 0 Å². The molecule has 0 aliphatic heterocycles. The maximum Gasteiger partial charge on any atom is 0.107 e. The van der Waals surface area contributed by atoms with Crippen molar-refractivity contribution < 1.29 is 4.74 Å². The summed E-state index contributed by atoms with van der Waals surface area (Å²) in [6.45, 7) is 3.02. The van der Waals surface area contributed by atoms with Crippen molar-refractivity contribution in [2.75, 3.05) is 7.11 Å². The van der Waals surface area contributed by atoms with E-state index >= 15 is 0 Å². The molecule has 1 saturated carbocycles. The molecule has 0 aromatic carbocycles. The summed E-state index contributed by atoms with van der Waals surface area (Å²) in [5.74, 6) is 0. The summed E-state index contributed by atoms with van der Waals surface area (Å²) >= 11 is 1.78. The summed E-state index contributed by atoms with van der Waals surface area (Å²) in [5.41, 5.74) is 0. The van der Waals surface area contributed by atoms with Gasteiger partial charge in [0, 0.05) is 30.8 Å². The zero-order chi connectivity index (χ0) is 11.4. The van der Waals surface area contributed by atoms with Crippen LogP contribution in [-0.2, 0) is 11.3 Å². The Balaban J connectivity index is 1.71. The first-order valence-corrected chi connectivity index (χ1v) is 6.77. The summed E-state index contributed by atoms with van der Waals surface area (Å²) in [5, 5.41) is 4.79. The van der Waals surface area contributed by atoms with Crippen LogP contribution in [-0.4, -0.2) is 24.2 Å². The maximum absolute atomic E-state index is 5.37. The highest BCUT2D eigenvalue weighted by atomic mass is 32.1. The van der Waals surface area contributed by atoms with Crippen LogP contribution in [0.5, 0.6) is 0 Å². The predicted molar refractivity (Wildman–Crippen MR) is 66.7 cm³/mol. The van der Waals surface area contributed by atoms with Gasteiger partial charge in [0.05, 0.1) is 6.10 Å². The van der Waals surface area contributed by atoms with Crippen LogP contribution in [0.15, 0.2) is 6.20 Å². The van der Waals surface area contributed by atoms with Crippen molar-refractivity contribution in [2.45, 2.75) is 51.3 Å². The lowest BCUT2D eigenvalue weighted by Gasteiger charge is -2.28. The van der Waals surface area contributed by atoms with Crippen molar-refractivity contribution >= 4 is 11.3 Å². The molecule has 0 saturated heterocycles. The van der Waals surface area contributed by atoms with Crippen molar-refractivity contribution in [3.8, 4) is 0 Å². The van der Waals surface area contributed by atoms with Crippen molar-refractivity contribution in [1.29, 1.82) is 0 Å². The number of aryl methyl sites for hydroxylation is 1. The van der Waals surface area contributed by atoms with Crippen molar-refractivity contribution in [3.05, 3.63) is 16.1 Å². The number of nitrogens with one attached hydrogen (secondary N) is 1. The molecule has 0 radical (unpaired) electrons. The van der Waals surface area contributed by atoms with Gasteiger partial charge in [-0.1, -0.05) is 0 Å². The van der Waals surface area contributed by atoms with Gasteiger partial charge < -0.3 is 10.1 Å². The highest BCUT2D eigenvalue weighted by molar-refractivity contribution is 7.11. The molecule has 1 aliphatic carbocycles. The molecular weight excluding hydrogens is 220 g/mol. The number of hydrogen-bond donors (Lipinski definition) is 1. The summed E-state index contributed by atoms with van der Waals surface area (Å²) in [7, 11) is 1.82. The summed E-state index contributed by atoms with van der Waals surface area (Å²) in [4.78, 5) is 5.65. The highest BCUT2D eigenvalue weighted by Gasteiger charge is 2.20. The van der Waals surface area contributed by atoms with Gasteiger partial charge in [-0.3, -0.25) is 0 Å². The maximum atomic E-state index is 5.37. The second-order valence-electron chi connectivity index (χ2n) is 4.45. The van der Waals surface area contributed by atoms with Gasteiger partial charge in [-0.05, 0) is 32.6 Å². The largest absolute Gasteiger partial charge is 0.381 e. The number of aromatic nitrogens is 1. The van der Waals surface area contributed by atoms with E-state index in [0.29, 0.717) is 12.1 Å². The molecule has 0 unspecified atom stereocenters. The second kappa shape index (κ2) is 5.75. The lowest BCUT2D eigenvalue weighted by molar-refractivity contribution is 0.0624. The number of ether oxygens (including phenoxy) is 1. The van der Waals surface area contributed by atoms with E-state index in [-0.39, 0.29) is 0 Å². The molecule has 1 aromatic heterocycles. The molecule has 0 bridgehead atoms. The third-order valence-corrected chi connectivity index (χ3v) is 4.13. The Kier molecular flexibility index (Phi) is 4.32. The SMILES string of the molecule is COC1CCC(NCc2ncc(C)s2)CC1. The van der Waals surface area contributed by atoms with Gasteiger partial charge in [0.15, 0.2) is 0 Å². The van der Waals surface area contributed by atoms with E-state index in [1.165, 1.54) is 35.6 Å². The highest BCUT2D eigenvalue weighted by Crippen LogP contribution is 2.21. The fraction of sp³-hybridized carbons (Fsp3) is 0.750. The second-order valence-corrected chi connectivity index (χ2v) is 5.77. The minimum atomic E-state index is 0.486. The molecule has 16 heavy (non-hydrogen) atoms. The Hall–Kier alpha value is -0.450. The minimum absolute atomic E-state index is 0.486. The lowest BCUT2D eigenvalue weighted by Crippen LogP contribution is -2.34. The number of thiazole rings is 1. The van der Waals surface area contributed by atoms with E-state index in [9.17, 15) is 0 Å². The topological polar surface area (TPSA) is 34.1 Å². The smallest absolute Gasteiger partial charge is 0.107 e. The average Bonchev–Trinajstić information content (AvgIpc) is 2.73. The fourth-order valence-electron chi connectivity index (χ4n) is 2.22. The van der Waals surface area contributed by atoms with Crippen molar-refractivity contribution in [3.63, 3.8) is 0 Å². The number of rotatable bonds is 4. The van der Waals surface area contributed by atoms with Gasteiger partial charge in [0.2, 0.25) is 0 Å². The number of methoxy groups -OCH3 is 1. The van der Waals surface area contributed by atoms with Crippen molar-refractivity contribution in [1.82, 2.24) is 10.3 Å². The molecule has 0 amide bonds. The van der Waals surface area contributed by atoms with Crippen LogP contribution >= 0.6 is 11.3 Å². The molecular formula is C12H20N2OS. The van der Waals surface area contributed by atoms with E-state index in [1.54, 1.807) is 11.3 Å². The number of hydrogen-bond acceptors (Lipinski definition) is 4. The van der Waals surface area contributed by atoms with Crippen LogP contribution in [0.3, 0.4) is 0 Å². The number of nitrogens with zero attached hydrogens (tertiary/aromatic N) is 1. The lowest BCUT2D eigenvalue weighted by atomic mass is 9.93. The van der Waals surface area contributed by atoms with E-state index in [0.717, 1.165) is 6.54 Å². The zero-order valence-corrected chi connectivity index (χ0v) is 10.8. The van der Waals surface area contributed by atoms with Gasteiger partial charge in [0.25, 0.3) is 0 Å². The minimum Gasteiger partial charge on any atom is -0.381 e. The van der Waals surface area contributed by atoms with Gasteiger partial charge in [0.1, 0.15) is 5.01 Å². The molecule has 1 heterocycles. The Bertz CT molecular complexity index is 319. The standard InChI is InChI=1S/C12H20N2OS/c1-9-7-14-12(16-9)8-13-10-3-5-11(15-2)6-4-10/h7,10-11,13H,3-6,8H2,1-2H3. The molecule has 0 spiro atoms. The van der Waals surface area contributed by atoms with Crippen LogP contribution in [0.1, 0.15) is 35.6 Å². The molecule has 1 fully saturated rings. The van der Waals surface area contributed by atoms with E-state index in [4.69, 9.17) is 4.74 Å². The molecule has 0 atom stereocenters. The van der Waals surface area contributed by atoms with Gasteiger partial charge >= 0.3 is 0 Å². The van der Waals surface area contributed by atoms with Gasteiger partial charge in [-0.15, -0.1) is 11.3 Å². The van der Waals surface area contributed by atoms with Gasteiger partial charge in [-0.25, -0.2) is 4.98 Å². The van der Waals surface area contributed by atoms with Gasteiger partial charge in [-0.2, -0.15) is 0 Å². The Labute approximate surface area is 101 Å². The first kappa shape index (κ1) is 12.0. The Morgan fingerprint density at radius 2 is 2.19 bits per heavy atom. The normalized spacial score (nSPS) is 25.9. The van der Waals surface area contributed by atoms with Crippen LogP contribution in [0.25, 0.3) is 0 Å². The molecule has 3 nitrogen and oxygen atoms in total. The average molecular weight is 240 g/mol. The van der Waals surface area contributed by atoms with E-state index in [1.807, 2.05) is 13.3 Å². The van der Waals surface area contributed by atoms with Crippen molar-refractivity contribution in [2.24, 2.45) is 0 Å². The summed E-state index contributed by atoms with van der Waals surface area (Å²) < 4.78 is 5.37. The monoisotopic (exact) mass is 240 g/mol. The first-order chi connectivity index (χ1) is 7.78. The molecule has 1 aliphatic rings. The Morgan fingerprint density at radius 1 is 1.44 bits per heavy atom. The van der Waals surface area contributed by atoms with Crippen LogP contribution in [0.4, 0.5) is 0 Å².